The maximum Gasteiger partial charge on any atom is 0.255 e. The van der Waals surface area contributed by atoms with Crippen molar-refractivity contribution < 1.29 is 17.6 Å². The molecule has 0 aromatic heterocycles. The molecule has 138 valence electrons. The lowest BCUT2D eigenvalue weighted by molar-refractivity contribution is 0.102. The molecule has 1 aliphatic heterocycles. The van der Waals surface area contributed by atoms with Crippen LogP contribution in [0.15, 0.2) is 47.4 Å². The van der Waals surface area contributed by atoms with Gasteiger partial charge >= 0.3 is 0 Å². The fourth-order valence-corrected chi connectivity index (χ4v) is 4.17. The first kappa shape index (κ1) is 18.5. The molecule has 2 aromatic rings. The normalized spacial score (nSPS) is 15.6. The molecular formula is C18H20FN3O3S. The molecule has 6 nitrogen and oxygen atoms in total. The van der Waals surface area contributed by atoms with Crippen LogP contribution in [0.25, 0.3) is 0 Å². The van der Waals surface area contributed by atoms with Crippen LogP contribution in [0, 0.1) is 12.7 Å². The van der Waals surface area contributed by atoms with Crippen LogP contribution in [-0.4, -0.2) is 44.8 Å². The van der Waals surface area contributed by atoms with Gasteiger partial charge in [0.15, 0.2) is 0 Å². The van der Waals surface area contributed by atoms with Gasteiger partial charge in [-0.25, -0.2) is 12.8 Å². The fourth-order valence-electron chi connectivity index (χ4n) is 2.73. The van der Waals surface area contributed by atoms with E-state index >= 15 is 0 Å². The first-order chi connectivity index (χ1) is 12.4. The Bertz CT molecular complexity index is 908. The first-order valence-electron chi connectivity index (χ1n) is 8.26. The van der Waals surface area contributed by atoms with Crippen molar-refractivity contribution in [3.8, 4) is 0 Å². The van der Waals surface area contributed by atoms with E-state index in [-0.39, 0.29) is 16.6 Å². The van der Waals surface area contributed by atoms with Gasteiger partial charge in [0.2, 0.25) is 10.0 Å². The molecular weight excluding hydrogens is 357 g/mol. The van der Waals surface area contributed by atoms with Gasteiger partial charge in [0.05, 0.1) is 4.90 Å². The average Bonchev–Trinajstić information content (AvgIpc) is 2.65. The zero-order chi connectivity index (χ0) is 18.7. The highest BCUT2D eigenvalue weighted by Crippen LogP contribution is 2.19. The molecule has 3 rings (SSSR count). The van der Waals surface area contributed by atoms with Crippen LogP contribution in [0.2, 0.25) is 0 Å². The Morgan fingerprint density at radius 1 is 1.12 bits per heavy atom. The van der Waals surface area contributed by atoms with Gasteiger partial charge in [-0.15, -0.1) is 0 Å². The van der Waals surface area contributed by atoms with Crippen LogP contribution < -0.4 is 10.6 Å². The van der Waals surface area contributed by atoms with E-state index in [1.165, 1.54) is 34.6 Å². The van der Waals surface area contributed by atoms with Crippen LogP contribution >= 0.6 is 0 Å². The fraction of sp³-hybridized carbons (Fsp3) is 0.278. The summed E-state index contributed by atoms with van der Waals surface area (Å²) < 4.78 is 39.9. The van der Waals surface area contributed by atoms with E-state index < -0.39 is 10.0 Å². The molecule has 0 unspecified atom stereocenters. The number of hydrogen-bond acceptors (Lipinski definition) is 4. The minimum absolute atomic E-state index is 0.190. The summed E-state index contributed by atoms with van der Waals surface area (Å²) in [7, 11) is -3.53. The molecule has 0 radical (unpaired) electrons. The lowest BCUT2D eigenvalue weighted by atomic mass is 10.1. The number of piperazine rings is 1. The van der Waals surface area contributed by atoms with Crippen LogP contribution in [0.5, 0.6) is 0 Å². The average molecular weight is 377 g/mol. The lowest BCUT2D eigenvalue weighted by Crippen LogP contribution is -2.46. The number of nitrogens with zero attached hydrogens (tertiary/aromatic N) is 1. The Labute approximate surface area is 152 Å². The van der Waals surface area contributed by atoms with E-state index in [0.717, 1.165) is 0 Å². The Hall–Kier alpha value is -2.29. The molecule has 1 aliphatic rings. The van der Waals surface area contributed by atoms with Crippen molar-refractivity contribution in [3.63, 3.8) is 0 Å². The summed E-state index contributed by atoms with van der Waals surface area (Å²) in [5.74, 6) is -0.755. The SMILES string of the molecule is Cc1cc(C(=O)Nc2ccc(S(=O)(=O)N3CCNCC3)cc2)ccc1F. The molecule has 0 atom stereocenters. The van der Waals surface area contributed by atoms with E-state index in [9.17, 15) is 17.6 Å². The zero-order valence-corrected chi connectivity index (χ0v) is 15.1. The molecule has 1 saturated heterocycles. The van der Waals surface area contributed by atoms with Gasteiger partial charge in [0, 0.05) is 37.4 Å². The quantitative estimate of drug-likeness (QED) is 0.854. The maximum absolute atomic E-state index is 13.3. The number of hydrogen-bond donors (Lipinski definition) is 2. The smallest absolute Gasteiger partial charge is 0.255 e. The van der Waals surface area contributed by atoms with Gasteiger partial charge < -0.3 is 10.6 Å². The molecule has 1 amide bonds. The molecule has 0 aliphatic carbocycles. The Morgan fingerprint density at radius 3 is 2.38 bits per heavy atom. The monoisotopic (exact) mass is 377 g/mol. The van der Waals surface area contributed by atoms with Gasteiger partial charge in [-0.2, -0.15) is 4.31 Å². The molecule has 0 bridgehead atoms. The third-order valence-corrected chi connectivity index (χ3v) is 6.16. The van der Waals surface area contributed by atoms with Crippen molar-refractivity contribution in [2.24, 2.45) is 0 Å². The third kappa shape index (κ3) is 3.92. The Balaban J connectivity index is 1.73. The number of halogens is 1. The highest BCUT2D eigenvalue weighted by atomic mass is 32.2. The first-order valence-corrected chi connectivity index (χ1v) is 9.70. The standard InChI is InChI=1S/C18H20FN3O3S/c1-13-12-14(2-7-17(13)19)18(23)21-15-3-5-16(6-4-15)26(24,25)22-10-8-20-9-11-22/h2-7,12,20H,8-11H2,1H3,(H,21,23). The highest BCUT2D eigenvalue weighted by molar-refractivity contribution is 7.89. The van der Waals surface area contributed by atoms with Gasteiger partial charge in [-0.3, -0.25) is 4.79 Å². The van der Waals surface area contributed by atoms with E-state index in [1.807, 2.05) is 0 Å². The summed E-state index contributed by atoms with van der Waals surface area (Å²) in [5.41, 5.74) is 1.19. The van der Waals surface area contributed by atoms with Crippen molar-refractivity contribution in [2.75, 3.05) is 31.5 Å². The van der Waals surface area contributed by atoms with Gasteiger partial charge in [-0.05, 0) is 55.0 Å². The lowest BCUT2D eigenvalue weighted by Gasteiger charge is -2.26. The number of benzene rings is 2. The van der Waals surface area contributed by atoms with Crippen molar-refractivity contribution in [1.29, 1.82) is 0 Å². The summed E-state index contributed by atoms with van der Waals surface area (Å²) in [6.07, 6.45) is 0. The second-order valence-corrected chi connectivity index (χ2v) is 8.03. The number of nitrogens with one attached hydrogen (secondary N) is 2. The van der Waals surface area contributed by atoms with Crippen molar-refractivity contribution >= 4 is 21.6 Å². The zero-order valence-electron chi connectivity index (χ0n) is 14.3. The molecule has 8 heteroatoms. The van der Waals surface area contributed by atoms with Gasteiger partial charge in [-0.1, -0.05) is 0 Å². The van der Waals surface area contributed by atoms with E-state index in [0.29, 0.717) is 43.0 Å². The molecule has 0 saturated carbocycles. The molecule has 0 spiro atoms. The molecule has 26 heavy (non-hydrogen) atoms. The molecule has 2 aromatic carbocycles. The third-order valence-electron chi connectivity index (χ3n) is 4.25. The number of sulfonamides is 1. The van der Waals surface area contributed by atoms with Crippen molar-refractivity contribution in [2.45, 2.75) is 11.8 Å². The number of rotatable bonds is 4. The maximum atomic E-state index is 13.3. The summed E-state index contributed by atoms with van der Waals surface area (Å²) in [5, 5.41) is 5.80. The molecule has 1 heterocycles. The summed E-state index contributed by atoms with van der Waals surface area (Å²) in [4.78, 5) is 12.4. The van der Waals surface area contributed by atoms with Crippen molar-refractivity contribution in [1.82, 2.24) is 9.62 Å². The van der Waals surface area contributed by atoms with Crippen LogP contribution in [0.1, 0.15) is 15.9 Å². The number of aryl methyl sites for hydroxylation is 1. The van der Waals surface area contributed by atoms with Gasteiger partial charge in [0.25, 0.3) is 5.91 Å². The molecule has 2 N–H and O–H groups in total. The van der Waals surface area contributed by atoms with Crippen LogP contribution in [0.3, 0.4) is 0 Å². The summed E-state index contributed by atoms with van der Waals surface area (Å²) >= 11 is 0. The predicted molar refractivity (Wildman–Crippen MR) is 97.2 cm³/mol. The van der Waals surface area contributed by atoms with Crippen LogP contribution in [-0.2, 0) is 10.0 Å². The molecule has 1 fully saturated rings. The van der Waals surface area contributed by atoms with E-state index in [2.05, 4.69) is 10.6 Å². The van der Waals surface area contributed by atoms with Crippen LogP contribution in [0.4, 0.5) is 10.1 Å². The number of carbonyl (C=O) groups is 1. The second kappa shape index (κ2) is 7.53. The van der Waals surface area contributed by atoms with E-state index in [4.69, 9.17) is 0 Å². The van der Waals surface area contributed by atoms with Gasteiger partial charge in [0.1, 0.15) is 5.82 Å². The largest absolute Gasteiger partial charge is 0.322 e. The van der Waals surface area contributed by atoms with E-state index in [1.54, 1.807) is 19.1 Å². The van der Waals surface area contributed by atoms with Crippen molar-refractivity contribution in [3.05, 3.63) is 59.4 Å². The Kier molecular flexibility index (Phi) is 5.36. The minimum Gasteiger partial charge on any atom is -0.322 e. The topological polar surface area (TPSA) is 78.5 Å². The highest BCUT2D eigenvalue weighted by Gasteiger charge is 2.25. The number of amides is 1. The summed E-state index contributed by atoms with van der Waals surface area (Å²) in [6, 6.07) is 10.2. The Morgan fingerprint density at radius 2 is 1.77 bits per heavy atom. The second-order valence-electron chi connectivity index (χ2n) is 6.10. The minimum atomic E-state index is -3.53. The summed E-state index contributed by atoms with van der Waals surface area (Å²) in [6.45, 7) is 3.71. The number of carbonyl (C=O) groups excluding carboxylic acids is 1. The predicted octanol–water partition coefficient (Wildman–Crippen LogP) is 1.98. The number of anilines is 1.